The number of rotatable bonds is 9. The van der Waals surface area contributed by atoms with Gasteiger partial charge in [0.05, 0.1) is 11.5 Å². The molecule has 1 aromatic carbocycles. The van der Waals surface area contributed by atoms with Crippen LogP contribution in [-0.4, -0.2) is 27.6 Å². The fraction of sp³-hybridized carbons (Fsp3) is 0.571. The predicted octanol–water partition coefficient (Wildman–Crippen LogP) is 1.88. The van der Waals surface area contributed by atoms with Gasteiger partial charge in [-0.3, -0.25) is 0 Å². The molecule has 0 spiro atoms. The molecule has 20 heavy (non-hydrogen) atoms. The molecule has 0 radical (unpaired) electrons. The lowest BCUT2D eigenvalue weighted by Crippen LogP contribution is -2.32. The van der Waals surface area contributed by atoms with Crippen LogP contribution in [0, 0.1) is 0 Å². The average molecular weight is 300 g/mol. The second-order valence-electron chi connectivity index (χ2n) is 4.77. The third-order valence-electron chi connectivity index (χ3n) is 2.83. The van der Waals surface area contributed by atoms with Crippen LogP contribution in [0.25, 0.3) is 0 Å². The lowest BCUT2D eigenvalue weighted by atomic mass is 10.2. The molecule has 0 fully saturated rings. The minimum atomic E-state index is -3.45. The molecule has 1 aromatic rings. The van der Waals surface area contributed by atoms with Crippen molar-refractivity contribution >= 4 is 10.0 Å². The van der Waals surface area contributed by atoms with Crippen LogP contribution in [0.4, 0.5) is 0 Å². The number of hydrogen-bond donors (Lipinski definition) is 2. The summed E-state index contributed by atoms with van der Waals surface area (Å²) in [5, 5.41) is 0. The molecule has 6 heteroatoms. The summed E-state index contributed by atoms with van der Waals surface area (Å²) < 4.78 is 32.3. The minimum absolute atomic E-state index is 0.0644. The molecular weight excluding hydrogens is 276 g/mol. The number of nitrogens with two attached hydrogens (primary N) is 1. The third-order valence-corrected chi connectivity index (χ3v) is 4.43. The van der Waals surface area contributed by atoms with Crippen LogP contribution in [-0.2, 0) is 10.0 Å². The summed E-state index contributed by atoms with van der Waals surface area (Å²) >= 11 is 0. The highest BCUT2D eigenvalue weighted by atomic mass is 32.2. The molecule has 1 unspecified atom stereocenters. The highest BCUT2D eigenvalue weighted by molar-refractivity contribution is 7.89. The number of ether oxygens (including phenoxy) is 1. The van der Waals surface area contributed by atoms with Crippen molar-refractivity contribution in [3.63, 3.8) is 0 Å². The van der Waals surface area contributed by atoms with Crippen LogP contribution in [0.1, 0.15) is 33.1 Å². The van der Waals surface area contributed by atoms with Crippen molar-refractivity contribution in [2.45, 2.75) is 44.0 Å². The van der Waals surface area contributed by atoms with Gasteiger partial charge in [-0.05, 0) is 50.6 Å². The largest absolute Gasteiger partial charge is 0.494 e. The highest BCUT2D eigenvalue weighted by Gasteiger charge is 2.16. The zero-order chi connectivity index (χ0) is 15.0. The van der Waals surface area contributed by atoms with Crippen LogP contribution < -0.4 is 15.2 Å². The molecule has 0 aromatic heterocycles. The average Bonchev–Trinajstić information content (AvgIpc) is 2.39. The second-order valence-corrected chi connectivity index (χ2v) is 6.49. The predicted molar refractivity (Wildman–Crippen MR) is 80.3 cm³/mol. The third kappa shape index (κ3) is 5.48. The summed E-state index contributed by atoms with van der Waals surface area (Å²) in [7, 11) is -3.45. The summed E-state index contributed by atoms with van der Waals surface area (Å²) in [6.45, 7) is 5.00. The van der Waals surface area contributed by atoms with E-state index in [1.807, 2.05) is 13.8 Å². The zero-order valence-corrected chi connectivity index (χ0v) is 12.9. The molecule has 1 rings (SSSR count). The highest BCUT2D eigenvalue weighted by Crippen LogP contribution is 2.16. The van der Waals surface area contributed by atoms with E-state index in [1.165, 1.54) is 0 Å². The maximum atomic E-state index is 12.1. The Morgan fingerprint density at radius 1 is 1.30 bits per heavy atom. The summed E-state index contributed by atoms with van der Waals surface area (Å²) in [6.07, 6.45) is 2.53. The number of hydrogen-bond acceptors (Lipinski definition) is 4. The first-order valence-corrected chi connectivity index (χ1v) is 8.43. The molecule has 114 valence electrons. The molecule has 0 aliphatic rings. The summed E-state index contributed by atoms with van der Waals surface area (Å²) in [5.74, 6) is 0.652. The van der Waals surface area contributed by atoms with Crippen molar-refractivity contribution in [1.82, 2.24) is 4.72 Å². The summed E-state index contributed by atoms with van der Waals surface area (Å²) in [6, 6.07) is 6.37. The van der Waals surface area contributed by atoms with Gasteiger partial charge in [0.15, 0.2) is 0 Å². The fourth-order valence-corrected chi connectivity index (χ4v) is 3.09. The van der Waals surface area contributed by atoms with Gasteiger partial charge in [0.25, 0.3) is 0 Å². The first kappa shape index (κ1) is 16.9. The molecular formula is C14H24N2O3S. The van der Waals surface area contributed by atoms with E-state index in [2.05, 4.69) is 4.72 Å². The van der Waals surface area contributed by atoms with Crippen molar-refractivity contribution in [3.05, 3.63) is 24.3 Å². The molecule has 0 saturated carbocycles. The van der Waals surface area contributed by atoms with Crippen molar-refractivity contribution in [3.8, 4) is 5.75 Å². The summed E-state index contributed by atoms with van der Waals surface area (Å²) in [4.78, 5) is 0.256. The van der Waals surface area contributed by atoms with Crippen molar-refractivity contribution in [1.29, 1.82) is 0 Å². The Hall–Kier alpha value is -1.11. The maximum absolute atomic E-state index is 12.1. The second kappa shape index (κ2) is 8.24. The monoisotopic (exact) mass is 300 g/mol. The van der Waals surface area contributed by atoms with Crippen molar-refractivity contribution < 1.29 is 13.2 Å². The molecule has 0 aliphatic carbocycles. The van der Waals surface area contributed by atoms with Gasteiger partial charge in [-0.2, -0.15) is 0 Å². The Bertz CT molecular complexity index is 486. The lowest BCUT2D eigenvalue weighted by Gasteiger charge is -2.13. The quantitative estimate of drug-likeness (QED) is 0.682. The lowest BCUT2D eigenvalue weighted by molar-refractivity contribution is 0.313. The van der Waals surface area contributed by atoms with Crippen LogP contribution in [0.5, 0.6) is 5.75 Å². The Kier molecular flexibility index (Phi) is 6.98. The van der Waals surface area contributed by atoms with Crippen molar-refractivity contribution in [2.24, 2.45) is 5.73 Å². The van der Waals surface area contributed by atoms with Crippen LogP contribution in [0.3, 0.4) is 0 Å². The van der Waals surface area contributed by atoms with Crippen LogP contribution in [0.15, 0.2) is 29.2 Å². The smallest absolute Gasteiger partial charge is 0.240 e. The van der Waals surface area contributed by atoms with E-state index in [-0.39, 0.29) is 10.9 Å². The van der Waals surface area contributed by atoms with Gasteiger partial charge in [-0.1, -0.05) is 13.3 Å². The maximum Gasteiger partial charge on any atom is 0.240 e. The number of nitrogens with one attached hydrogen (secondary N) is 1. The van der Waals surface area contributed by atoms with E-state index in [0.717, 1.165) is 19.3 Å². The number of sulfonamides is 1. The minimum Gasteiger partial charge on any atom is -0.494 e. The van der Waals surface area contributed by atoms with Crippen molar-refractivity contribution in [2.75, 3.05) is 13.2 Å². The van der Waals surface area contributed by atoms with E-state index < -0.39 is 10.0 Å². The van der Waals surface area contributed by atoms with E-state index in [1.54, 1.807) is 24.3 Å². The summed E-state index contributed by atoms with van der Waals surface area (Å²) in [5.41, 5.74) is 5.38. The molecule has 3 N–H and O–H groups in total. The Morgan fingerprint density at radius 2 is 1.95 bits per heavy atom. The van der Waals surface area contributed by atoms with E-state index in [0.29, 0.717) is 18.9 Å². The van der Waals surface area contributed by atoms with E-state index in [9.17, 15) is 8.42 Å². The Balaban J connectivity index is 2.66. The topological polar surface area (TPSA) is 81.4 Å². The fourth-order valence-electron chi connectivity index (χ4n) is 1.81. The van der Waals surface area contributed by atoms with Gasteiger partial charge in [-0.25, -0.2) is 13.1 Å². The van der Waals surface area contributed by atoms with E-state index in [4.69, 9.17) is 10.5 Å². The van der Waals surface area contributed by atoms with Gasteiger partial charge in [0.1, 0.15) is 5.75 Å². The standard InChI is InChI=1S/C14H24N2O3S/c1-3-5-12(2)16-20(17,18)14-8-6-13(7-9-14)19-11-4-10-15/h6-9,12,16H,3-5,10-11,15H2,1-2H3. The van der Waals surface area contributed by atoms with Gasteiger partial charge in [0, 0.05) is 6.04 Å². The Labute approximate surface area is 121 Å². The van der Waals surface area contributed by atoms with Gasteiger partial charge in [0.2, 0.25) is 10.0 Å². The SMILES string of the molecule is CCCC(C)NS(=O)(=O)c1ccc(OCCCN)cc1. The first-order valence-electron chi connectivity index (χ1n) is 6.95. The molecule has 5 nitrogen and oxygen atoms in total. The normalized spacial score (nSPS) is 13.2. The first-order chi connectivity index (χ1) is 9.49. The van der Waals surface area contributed by atoms with Gasteiger partial charge >= 0.3 is 0 Å². The van der Waals surface area contributed by atoms with Crippen LogP contribution >= 0.6 is 0 Å². The van der Waals surface area contributed by atoms with Crippen LogP contribution in [0.2, 0.25) is 0 Å². The van der Waals surface area contributed by atoms with Gasteiger partial charge in [-0.15, -0.1) is 0 Å². The molecule has 1 atom stereocenters. The van der Waals surface area contributed by atoms with Gasteiger partial charge < -0.3 is 10.5 Å². The molecule has 0 saturated heterocycles. The molecule has 0 aliphatic heterocycles. The zero-order valence-electron chi connectivity index (χ0n) is 12.1. The molecule has 0 amide bonds. The molecule has 0 bridgehead atoms. The molecule has 0 heterocycles. The van der Waals surface area contributed by atoms with E-state index >= 15 is 0 Å². The Morgan fingerprint density at radius 3 is 2.50 bits per heavy atom. The number of benzene rings is 1.